The number of aliphatic hydroxyl groups is 1. The van der Waals surface area contributed by atoms with Gasteiger partial charge in [0, 0.05) is 13.1 Å². The standard InChI is InChI=1S/C9H21NO4S/c1-2-3-4-5-9(11)8-10-6-7-15(12,13)14/h9-11H,2-8H2,1H3,(H,12,13,14). The quantitative estimate of drug-likeness (QED) is 0.400. The van der Waals surface area contributed by atoms with Gasteiger partial charge < -0.3 is 10.4 Å². The second-order valence-corrected chi connectivity index (χ2v) is 5.21. The van der Waals surface area contributed by atoms with Crippen molar-refractivity contribution >= 4 is 10.1 Å². The molecule has 0 heterocycles. The van der Waals surface area contributed by atoms with Crippen molar-refractivity contribution < 1.29 is 18.1 Å². The molecule has 0 aliphatic carbocycles. The van der Waals surface area contributed by atoms with E-state index in [-0.39, 0.29) is 12.3 Å². The van der Waals surface area contributed by atoms with Gasteiger partial charge in [0.25, 0.3) is 10.1 Å². The van der Waals surface area contributed by atoms with Crippen LogP contribution in [0.25, 0.3) is 0 Å². The molecule has 92 valence electrons. The Morgan fingerprint density at radius 3 is 2.53 bits per heavy atom. The van der Waals surface area contributed by atoms with Crippen LogP contribution < -0.4 is 5.32 Å². The molecular formula is C9H21NO4S. The summed E-state index contributed by atoms with van der Waals surface area (Å²) in [5.41, 5.74) is 0. The Morgan fingerprint density at radius 1 is 1.33 bits per heavy atom. The molecule has 0 aromatic heterocycles. The summed E-state index contributed by atoms with van der Waals surface area (Å²) in [4.78, 5) is 0. The Morgan fingerprint density at radius 2 is 2.00 bits per heavy atom. The van der Waals surface area contributed by atoms with Crippen molar-refractivity contribution in [3.05, 3.63) is 0 Å². The van der Waals surface area contributed by atoms with Gasteiger partial charge in [0.1, 0.15) is 0 Å². The van der Waals surface area contributed by atoms with Crippen LogP contribution in [0.5, 0.6) is 0 Å². The first kappa shape index (κ1) is 14.8. The molecule has 0 saturated carbocycles. The van der Waals surface area contributed by atoms with Crippen LogP contribution in [0.4, 0.5) is 0 Å². The van der Waals surface area contributed by atoms with Gasteiger partial charge in [0.15, 0.2) is 0 Å². The molecule has 0 amide bonds. The summed E-state index contributed by atoms with van der Waals surface area (Å²) >= 11 is 0. The van der Waals surface area contributed by atoms with E-state index in [4.69, 9.17) is 4.55 Å². The smallest absolute Gasteiger partial charge is 0.266 e. The molecule has 15 heavy (non-hydrogen) atoms. The van der Waals surface area contributed by atoms with Gasteiger partial charge in [-0.05, 0) is 6.42 Å². The zero-order valence-corrected chi connectivity index (χ0v) is 9.96. The summed E-state index contributed by atoms with van der Waals surface area (Å²) in [7, 11) is -3.89. The number of rotatable bonds is 9. The van der Waals surface area contributed by atoms with Crippen LogP contribution >= 0.6 is 0 Å². The van der Waals surface area contributed by atoms with Gasteiger partial charge in [0.05, 0.1) is 11.9 Å². The number of aliphatic hydroxyl groups excluding tert-OH is 1. The normalized spacial score (nSPS) is 14.1. The Labute approximate surface area is 91.6 Å². The summed E-state index contributed by atoms with van der Waals surface area (Å²) in [6, 6.07) is 0. The predicted octanol–water partition coefficient (Wildman–Crippen LogP) is 0.405. The molecule has 0 aromatic rings. The monoisotopic (exact) mass is 239 g/mol. The SMILES string of the molecule is CCCCCC(O)CNCCS(=O)(=O)O. The molecule has 0 radical (unpaired) electrons. The first-order valence-electron chi connectivity index (χ1n) is 5.29. The van der Waals surface area contributed by atoms with Gasteiger partial charge in [-0.15, -0.1) is 0 Å². The van der Waals surface area contributed by atoms with Crippen LogP contribution in [-0.4, -0.2) is 43.0 Å². The fourth-order valence-corrected chi connectivity index (χ4v) is 1.60. The maximum Gasteiger partial charge on any atom is 0.266 e. The maximum absolute atomic E-state index is 10.3. The van der Waals surface area contributed by atoms with E-state index >= 15 is 0 Å². The molecule has 0 spiro atoms. The molecule has 0 aliphatic rings. The van der Waals surface area contributed by atoms with Gasteiger partial charge in [-0.1, -0.05) is 26.2 Å². The molecule has 1 unspecified atom stereocenters. The van der Waals surface area contributed by atoms with Crippen LogP contribution in [-0.2, 0) is 10.1 Å². The second-order valence-electron chi connectivity index (χ2n) is 3.64. The molecule has 1 atom stereocenters. The largest absolute Gasteiger partial charge is 0.392 e. The van der Waals surface area contributed by atoms with Crippen molar-refractivity contribution in [3.8, 4) is 0 Å². The average Bonchev–Trinajstić information content (AvgIpc) is 2.11. The summed E-state index contributed by atoms with van der Waals surface area (Å²) in [5, 5.41) is 12.2. The molecule has 6 heteroatoms. The van der Waals surface area contributed by atoms with Gasteiger partial charge in [-0.2, -0.15) is 8.42 Å². The van der Waals surface area contributed by atoms with Crippen molar-refractivity contribution in [1.82, 2.24) is 5.32 Å². The highest BCUT2D eigenvalue weighted by atomic mass is 32.2. The van der Waals surface area contributed by atoms with Gasteiger partial charge in [-0.3, -0.25) is 4.55 Å². The molecule has 0 aromatic carbocycles. The molecule has 0 bridgehead atoms. The highest BCUT2D eigenvalue weighted by molar-refractivity contribution is 7.85. The molecule has 0 rings (SSSR count). The lowest BCUT2D eigenvalue weighted by Crippen LogP contribution is -2.30. The fourth-order valence-electron chi connectivity index (χ4n) is 1.20. The lowest BCUT2D eigenvalue weighted by molar-refractivity contribution is 0.159. The van der Waals surface area contributed by atoms with E-state index in [2.05, 4.69) is 12.2 Å². The van der Waals surface area contributed by atoms with Crippen molar-refractivity contribution in [2.45, 2.75) is 38.7 Å². The zero-order chi connectivity index (χ0) is 11.7. The molecule has 3 N–H and O–H groups in total. The minimum atomic E-state index is -3.89. The third-order valence-electron chi connectivity index (χ3n) is 2.06. The lowest BCUT2D eigenvalue weighted by atomic mass is 10.1. The van der Waals surface area contributed by atoms with E-state index < -0.39 is 16.2 Å². The number of hydrogen-bond acceptors (Lipinski definition) is 4. The minimum absolute atomic E-state index is 0.170. The highest BCUT2D eigenvalue weighted by Gasteiger charge is 2.05. The Hall–Kier alpha value is -0.170. The minimum Gasteiger partial charge on any atom is -0.392 e. The molecule has 0 saturated heterocycles. The average molecular weight is 239 g/mol. The van der Waals surface area contributed by atoms with E-state index in [9.17, 15) is 13.5 Å². The van der Waals surface area contributed by atoms with Crippen LogP contribution in [0.3, 0.4) is 0 Å². The topological polar surface area (TPSA) is 86.6 Å². The van der Waals surface area contributed by atoms with Crippen molar-refractivity contribution in [2.75, 3.05) is 18.8 Å². The van der Waals surface area contributed by atoms with E-state index in [0.29, 0.717) is 6.54 Å². The van der Waals surface area contributed by atoms with Gasteiger partial charge >= 0.3 is 0 Å². The third kappa shape index (κ3) is 11.8. The lowest BCUT2D eigenvalue weighted by Gasteiger charge is -2.10. The fraction of sp³-hybridized carbons (Fsp3) is 1.00. The second kappa shape index (κ2) is 8.04. The summed E-state index contributed by atoms with van der Waals surface area (Å²) in [5.74, 6) is -0.311. The van der Waals surface area contributed by atoms with E-state index in [1.807, 2.05) is 0 Å². The first-order chi connectivity index (χ1) is 6.95. The Balaban J connectivity index is 3.35. The van der Waals surface area contributed by atoms with Crippen LogP contribution in [0, 0.1) is 0 Å². The van der Waals surface area contributed by atoms with Gasteiger partial charge in [0.2, 0.25) is 0 Å². The van der Waals surface area contributed by atoms with Crippen LogP contribution in [0.1, 0.15) is 32.6 Å². The van der Waals surface area contributed by atoms with Crippen molar-refractivity contribution in [2.24, 2.45) is 0 Å². The summed E-state index contributed by atoms with van der Waals surface area (Å²) < 4.78 is 29.1. The number of nitrogens with one attached hydrogen (secondary N) is 1. The van der Waals surface area contributed by atoms with Crippen molar-refractivity contribution in [1.29, 1.82) is 0 Å². The Kier molecular flexibility index (Phi) is 7.95. The molecule has 5 nitrogen and oxygen atoms in total. The third-order valence-corrected chi connectivity index (χ3v) is 2.78. The molecule has 0 fully saturated rings. The molecule has 0 aliphatic heterocycles. The van der Waals surface area contributed by atoms with E-state index in [0.717, 1.165) is 25.7 Å². The summed E-state index contributed by atoms with van der Waals surface area (Å²) in [6.07, 6.45) is 3.49. The molecular weight excluding hydrogens is 218 g/mol. The van der Waals surface area contributed by atoms with Crippen molar-refractivity contribution in [3.63, 3.8) is 0 Å². The summed E-state index contributed by atoms with van der Waals surface area (Å²) in [6.45, 7) is 2.64. The first-order valence-corrected chi connectivity index (χ1v) is 6.90. The van der Waals surface area contributed by atoms with Crippen LogP contribution in [0.2, 0.25) is 0 Å². The van der Waals surface area contributed by atoms with Gasteiger partial charge in [-0.25, -0.2) is 0 Å². The van der Waals surface area contributed by atoms with E-state index in [1.54, 1.807) is 0 Å². The zero-order valence-electron chi connectivity index (χ0n) is 9.15. The highest BCUT2D eigenvalue weighted by Crippen LogP contribution is 2.02. The maximum atomic E-state index is 10.3. The predicted molar refractivity (Wildman–Crippen MR) is 59.4 cm³/mol. The number of hydrogen-bond donors (Lipinski definition) is 3. The Bertz CT molecular complexity index is 240. The van der Waals surface area contributed by atoms with E-state index in [1.165, 1.54) is 0 Å². The van der Waals surface area contributed by atoms with Crippen LogP contribution in [0.15, 0.2) is 0 Å². The number of unbranched alkanes of at least 4 members (excludes halogenated alkanes) is 2.